The number of fused-ring (bicyclic) bond motifs is 2. The number of hydrogen-bond acceptors (Lipinski definition) is 4. The Labute approximate surface area is 140 Å². The molecule has 1 amide bonds. The second-order valence-corrected chi connectivity index (χ2v) is 7.59. The van der Waals surface area contributed by atoms with E-state index in [-0.39, 0.29) is 17.9 Å². The Morgan fingerprint density at radius 2 is 2.04 bits per heavy atom. The number of aliphatic hydroxyl groups excluding tert-OH is 1. The van der Waals surface area contributed by atoms with E-state index in [0.717, 1.165) is 24.1 Å². The van der Waals surface area contributed by atoms with Crippen molar-refractivity contribution >= 4 is 17.1 Å². The molecule has 3 heterocycles. The van der Waals surface area contributed by atoms with Crippen LogP contribution in [0.4, 0.5) is 0 Å². The summed E-state index contributed by atoms with van der Waals surface area (Å²) in [5.41, 5.74) is 2.29. The van der Waals surface area contributed by atoms with Crippen molar-refractivity contribution in [3.63, 3.8) is 0 Å². The molecule has 0 spiro atoms. The van der Waals surface area contributed by atoms with Gasteiger partial charge in [0.15, 0.2) is 5.65 Å². The zero-order valence-corrected chi connectivity index (χ0v) is 13.6. The average Bonchev–Trinajstić information content (AvgIpc) is 3.30. The Kier molecular flexibility index (Phi) is 3.16. The first kappa shape index (κ1) is 14.4. The van der Waals surface area contributed by atoms with E-state index in [1.165, 1.54) is 25.7 Å². The van der Waals surface area contributed by atoms with Gasteiger partial charge >= 0.3 is 0 Å². The van der Waals surface area contributed by atoms with Crippen molar-refractivity contribution in [2.75, 3.05) is 13.1 Å². The topological polar surface area (TPSA) is 71.2 Å². The fraction of sp³-hybridized carbons (Fsp3) is 0.611. The third-order valence-corrected chi connectivity index (χ3v) is 6.20. The lowest BCUT2D eigenvalue weighted by atomic mass is 9.74. The first-order valence-electron chi connectivity index (χ1n) is 9.00. The molecule has 2 aromatic rings. The Balaban J connectivity index is 1.40. The van der Waals surface area contributed by atoms with E-state index >= 15 is 0 Å². The molecule has 24 heavy (non-hydrogen) atoms. The van der Waals surface area contributed by atoms with Gasteiger partial charge in [-0.3, -0.25) is 4.79 Å². The van der Waals surface area contributed by atoms with Crippen molar-refractivity contribution in [1.82, 2.24) is 19.4 Å². The largest absolute Gasteiger partial charge is 0.393 e. The smallest absolute Gasteiger partial charge is 0.255 e. The lowest BCUT2D eigenvalue weighted by Gasteiger charge is -2.34. The number of nitrogens with zero attached hydrogens (tertiary/aromatic N) is 4. The van der Waals surface area contributed by atoms with Gasteiger partial charge in [-0.05, 0) is 31.2 Å². The first-order valence-corrected chi connectivity index (χ1v) is 9.00. The number of likely N-dealkylation sites (tertiary alicyclic amines) is 1. The fourth-order valence-electron chi connectivity index (χ4n) is 4.70. The summed E-state index contributed by atoms with van der Waals surface area (Å²) in [4.78, 5) is 23.6. The van der Waals surface area contributed by atoms with Gasteiger partial charge in [0.25, 0.3) is 5.91 Å². The molecule has 1 saturated heterocycles. The van der Waals surface area contributed by atoms with Crippen LogP contribution in [0.15, 0.2) is 18.6 Å². The minimum Gasteiger partial charge on any atom is -0.393 e. The second kappa shape index (κ2) is 5.28. The van der Waals surface area contributed by atoms with Crippen LogP contribution in [-0.2, 0) is 0 Å². The van der Waals surface area contributed by atoms with E-state index in [9.17, 15) is 9.90 Å². The Bertz CT molecular complexity index is 795. The number of hydrogen-bond donors (Lipinski definition) is 1. The van der Waals surface area contributed by atoms with Crippen LogP contribution < -0.4 is 0 Å². The molecule has 3 atom stereocenters. The molecule has 3 aliphatic rings. The number of aliphatic hydroxyl groups is 1. The highest BCUT2D eigenvalue weighted by Crippen LogP contribution is 2.41. The summed E-state index contributed by atoms with van der Waals surface area (Å²) >= 11 is 0. The fourth-order valence-corrected chi connectivity index (χ4v) is 4.70. The molecule has 0 bridgehead atoms. The Hall–Kier alpha value is -1.95. The maximum Gasteiger partial charge on any atom is 0.255 e. The second-order valence-electron chi connectivity index (χ2n) is 7.59. The number of amides is 1. The van der Waals surface area contributed by atoms with Gasteiger partial charge in [-0.2, -0.15) is 0 Å². The molecule has 1 aliphatic heterocycles. The van der Waals surface area contributed by atoms with Gasteiger partial charge < -0.3 is 14.6 Å². The quantitative estimate of drug-likeness (QED) is 0.916. The van der Waals surface area contributed by atoms with Gasteiger partial charge in [0.05, 0.1) is 18.0 Å². The zero-order chi connectivity index (χ0) is 16.3. The number of pyridine rings is 1. The predicted octanol–water partition coefficient (Wildman–Crippen LogP) is 2.00. The molecule has 5 rings (SSSR count). The summed E-state index contributed by atoms with van der Waals surface area (Å²) < 4.78 is 2.17. The van der Waals surface area contributed by atoms with E-state index in [4.69, 9.17) is 0 Å². The summed E-state index contributed by atoms with van der Waals surface area (Å²) in [7, 11) is 0. The summed E-state index contributed by atoms with van der Waals surface area (Å²) in [6, 6.07) is 2.37. The minimum absolute atomic E-state index is 0.0152. The van der Waals surface area contributed by atoms with E-state index < -0.39 is 0 Å². The van der Waals surface area contributed by atoms with Crippen LogP contribution in [0.3, 0.4) is 0 Å². The minimum atomic E-state index is -0.226. The van der Waals surface area contributed by atoms with Gasteiger partial charge in [-0.25, -0.2) is 9.97 Å². The number of aromatic nitrogens is 3. The summed E-state index contributed by atoms with van der Waals surface area (Å²) in [6.45, 7) is 1.42. The van der Waals surface area contributed by atoms with Crippen LogP contribution in [-0.4, -0.2) is 49.6 Å². The van der Waals surface area contributed by atoms with Gasteiger partial charge in [0.1, 0.15) is 5.52 Å². The van der Waals surface area contributed by atoms with Crippen LogP contribution in [0.1, 0.15) is 48.5 Å². The molecule has 6 nitrogen and oxygen atoms in total. The number of rotatable bonds is 2. The van der Waals surface area contributed by atoms with Crippen LogP contribution in [0.5, 0.6) is 0 Å². The normalized spacial score (nSPS) is 29.9. The molecular weight excluding hydrogens is 304 g/mol. The van der Waals surface area contributed by atoms with E-state index in [0.29, 0.717) is 24.1 Å². The zero-order valence-electron chi connectivity index (χ0n) is 13.6. The van der Waals surface area contributed by atoms with Gasteiger partial charge in [0.2, 0.25) is 0 Å². The molecule has 2 saturated carbocycles. The van der Waals surface area contributed by atoms with Crippen molar-refractivity contribution < 1.29 is 9.90 Å². The molecule has 2 aliphatic carbocycles. The van der Waals surface area contributed by atoms with Crippen LogP contribution in [0, 0.1) is 11.8 Å². The van der Waals surface area contributed by atoms with E-state index in [1.54, 1.807) is 6.20 Å². The van der Waals surface area contributed by atoms with Gasteiger partial charge in [-0.1, -0.05) is 12.8 Å². The first-order chi connectivity index (χ1) is 11.7. The summed E-state index contributed by atoms with van der Waals surface area (Å²) in [5.74, 6) is 0.760. The molecule has 6 heteroatoms. The van der Waals surface area contributed by atoms with Crippen LogP contribution in [0.2, 0.25) is 0 Å². The van der Waals surface area contributed by atoms with Crippen molar-refractivity contribution in [2.24, 2.45) is 11.8 Å². The van der Waals surface area contributed by atoms with Crippen molar-refractivity contribution in [3.8, 4) is 0 Å². The molecule has 126 valence electrons. The molecule has 0 aromatic carbocycles. The van der Waals surface area contributed by atoms with E-state index in [1.807, 2.05) is 17.3 Å². The number of carbonyl (C=O) groups excluding carboxylic acids is 1. The van der Waals surface area contributed by atoms with Crippen LogP contribution in [0.25, 0.3) is 11.2 Å². The van der Waals surface area contributed by atoms with Crippen molar-refractivity contribution in [1.29, 1.82) is 0 Å². The van der Waals surface area contributed by atoms with Crippen LogP contribution >= 0.6 is 0 Å². The summed E-state index contributed by atoms with van der Waals surface area (Å²) in [5, 5.41) is 9.77. The van der Waals surface area contributed by atoms with Gasteiger partial charge in [0, 0.05) is 31.2 Å². The average molecular weight is 326 g/mol. The maximum absolute atomic E-state index is 12.7. The number of imidazole rings is 1. The van der Waals surface area contributed by atoms with Crippen molar-refractivity contribution in [3.05, 3.63) is 24.2 Å². The maximum atomic E-state index is 12.7. The highest BCUT2D eigenvalue weighted by atomic mass is 16.3. The summed E-state index contributed by atoms with van der Waals surface area (Å²) in [6.07, 6.45) is 9.07. The molecular formula is C18H22N4O2. The molecule has 0 unspecified atom stereocenters. The number of carbonyl (C=O) groups is 1. The molecule has 3 fully saturated rings. The molecule has 0 radical (unpaired) electrons. The monoisotopic (exact) mass is 326 g/mol. The lowest BCUT2D eigenvalue weighted by Crippen LogP contribution is -2.39. The Morgan fingerprint density at radius 3 is 2.79 bits per heavy atom. The standard InChI is InChI=1S/C18H22N4O2/c23-16-6-12-8-21(9-14(12)16)18(24)11-5-15-17(19-7-11)22(10-20-15)13-3-1-2-4-13/h5,7,10,12-14,16,23H,1-4,6,8-9H2/t12-,14+,16+/m0/s1. The van der Waals surface area contributed by atoms with Gasteiger partial charge in [-0.15, -0.1) is 0 Å². The highest BCUT2D eigenvalue weighted by molar-refractivity contribution is 5.96. The highest BCUT2D eigenvalue weighted by Gasteiger charge is 2.47. The predicted molar refractivity (Wildman–Crippen MR) is 88.5 cm³/mol. The SMILES string of the molecule is O=C(c1cnc2c(c1)ncn2C1CCCC1)N1C[C@@H]2C[C@@H](O)[C@@H]2C1. The Morgan fingerprint density at radius 1 is 1.21 bits per heavy atom. The third kappa shape index (κ3) is 2.09. The van der Waals surface area contributed by atoms with E-state index in [2.05, 4.69) is 14.5 Å². The molecule has 2 aromatic heterocycles. The third-order valence-electron chi connectivity index (χ3n) is 6.20. The molecule has 1 N–H and O–H groups in total. The van der Waals surface area contributed by atoms with Crippen molar-refractivity contribution in [2.45, 2.75) is 44.2 Å². The lowest BCUT2D eigenvalue weighted by molar-refractivity contribution is -0.00427.